The van der Waals surface area contributed by atoms with Crippen molar-refractivity contribution in [1.82, 2.24) is 14.5 Å². The third kappa shape index (κ3) is 2.32. The van der Waals surface area contributed by atoms with Crippen molar-refractivity contribution in [3.05, 3.63) is 53.1 Å². The van der Waals surface area contributed by atoms with Crippen LogP contribution in [0.2, 0.25) is 0 Å². The van der Waals surface area contributed by atoms with E-state index in [1.54, 1.807) is 11.6 Å². The molecule has 5 nitrogen and oxygen atoms in total. The summed E-state index contributed by atoms with van der Waals surface area (Å²) in [5, 5.41) is 9.12. The molecule has 104 valence electrons. The van der Waals surface area contributed by atoms with Crippen LogP contribution >= 0.6 is 0 Å². The van der Waals surface area contributed by atoms with Crippen LogP contribution in [0, 0.1) is 0 Å². The molecule has 2 heterocycles. The number of fused-ring (bicyclic) bond motifs is 1. The lowest BCUT2D eigenvalue weighted by atomic mass is 10.1. The standard InChI is InChI=1S/C15H17N3O2/c1-17-13-10-18(9-11-5-3-2-4-6-11)8-7-12(13)16-14(17)15(19)20/h2-6H,7-10H2,1H3,(H,19,20). The van der Waals surface area contributed by atoms with Crippen molar-refractivity contribution < 1.29 is 9.90 Å². The van der Waals surface area contributed by atoms with Crippen LogP contribution in [0.1, 0.15) is 27.6 Å². The monoisotopic (exact) mass is 271 g/mol. The highest BCUT2D eigenvalue weighted by molar-refractivity contribution is 5.83. The molecule has 0 amide bonds. The predicted octanol–water partition coefficient (Wildman–Crippen LogP) is 1.68. The van der Waals surface area contributed by atoms with Gasteiger partial charge in [0.2, 0.25) is 5.82 Å². The maximum atomic E-state index is 11.1. The maximum Gasteiger partial charge on any atom is 0.372 e. The Bertz CT molecular complexity index is 634. The fourth-order valence-corrected chi connectivity index (χ4v) is 2.71. The molecule has 2 aromatic rings. The molecule has 0 unspecified atom stereocenters. The van der Waals surface area contributed by atoms with Crippen molar-refractivity contribution in [3.63, 3.8) is 0 Å². The highest BCUT2D eigenvalue weighted by Crippen LogP contribution is 2.21. The lowest BCUT2D eigenvalue weighted by Crippen LogP contribution is -2.31. The van der Waals surface area contributed by atoms with Crippen LogP contribution in [0.15, 0.2) is 30.3 Å². The van der Waals surface area contributed by atoms with Gasteiger partial charge in [0.25, 0.3) is 0 Å². The molecule has 1 N–H and O–H groups in total. The Labute approximate surface area is 117 Å². The van der Waals surface area contributed by atoms with E-state index in [9.17, 15) is 4.79 Å². The molecule has 1 aromatic heterocycles. The van der Waals surface area contributed by atoms with Crippen LogP contribution in [0.4, 0.5) is 0 Å². The van der Waals surface area contributed by atoms with E-state index < -0.39 is 5.97 Å². The number of carboxylic acids is 1. The smallest absolute Gasteiger partial charge is 0.372 e. The SMILES string of the molecule is Cn1c(C(=O)O)nc2c1CN(Cc1ccccc1)CC2. The lowest BCUT2D eigenvalue weighted by molar-refractivity contribution is 0.0679. The number of carbonyl (C=O) groups is 1. The van der Waals surface area contributed by atoms with Gasteiger partial charge in [-0.05, 0) is 5.56 Å². The van der Waals surface area contributed by atoms with Crippen LogP contribution in [-0.2, 0) is 26.6 Å². The number of aromatic carboxylic acids is 1. The van der Waals surface area contributed by atoms with Crippen molar-refractivity contribution in [2.75, 3.05) is 6.54 Å². The second-order valence-electron chi connectivity index (χ2n) is 5.14. The normalized spacial score (nSPS) is 15.1. The Morgan fingerprint density at radius 3 is 2.80 bits per heavy atom. The van der Waals surface area contributed by atoms with E-state index in [-0.39, 0.29) is 5.82 Å². The molecule has 20 heavy (non-hydrogen) atoms. The van der Waals surface area contributed by atoms with E-state index >= 15 is 0 Å². The van der Waals surface area contributed by atoms with Crippen LogP contribution in [0.3, 0.4) is 0 Å². The number of nitrogens with zero attached hydrogens (tertiary/aromatic N) is 3. The third-order valence-corrected chi connectivity index (χ3v) is 3.78. The molecular weight excluding hydrogens is 254 g/mol. The van der Waals surface area contributed by atoms with Gasteiger partial charge in [-0.2, -0.15) is 0 Å². The maximum absolute atomic E-state index is 11.1. The molecule has 1 aromatic carbocycles. The summed E-state index contributed by atoms with van der Waals surface area (Å²) in [6.45, 7) is 2.55. The summed E-state index contributed by atoms with van der Waals surface area (Å²) in [5.74, 6) is -0.826. The summed E-state index contributed by atoms with van der Waals surface area (Å²) in [5.41, 5.74) is 3.22. The first-order chi connectivity index (χ1) is 9.65. The van der Waals surface area contributed by atoms with Crippen molar-refractivity contribution in [1.29, 1.82) is 0 Å². The topological polar surface area (TPSA) is 58.4 Å². The molecule has 3 rings (SSSR count). The minimum Gasteiger partial charge on any atom is -0.475 e. The van der Waals surface area contributed by atoms with Gasteiger partial charge in [0.1, 0.15) is 0 Å². The molecule has 0 saturated carbocycles. The molecule has 0 fully saturated rings. The highest BCUT2D eigenvalue weighted by atomic mass is 16.4. The van der Waals surface area contributed by atoms with E-state index in [0.29, 0.717) is 0 Å². The minimum atomic E-state index is -0.962. The number of aromatic nitrogens is 2. The average Bonchev–Trinajstić information content (AvgIpc) is 2.77. The van der Waals surface area contributed by atoms with Crippen LogP contribution in [0.5, 0.6) is 0 Å². The van der Waals surface area contributed by atoms with Crippen molar-refractivity contribution in [3.8, 4) is 0 Å². The van der Waals surface area contributed by atoms with Gasteiger partial charge >= 0.3 is 5.97 Å². The van der Waals surface area contributed by atoms with Gasteiger partial charge in [-0.15, -0.1) is 0 Å². The van der Waals surface area contributed by atoms with E-state index in [1.807, 2.05) is 18.2 Å². The first-order valence-corrected chi connectivity index (χ1v) is 6.69. The summed E-state index contributed by atoms with van der Waals surface area (Å²) >= 11 is 0. The number of imidazole rings is 1. The molecule has 0 spiro atoms. The second kappa shape index (κ2) is 5.09. The zero-order chi connectivity index (χ0) is 14.1. The fraction of sp³-hybridized carbons (Fsp3) is 0.333. The Balaban J connectivity index is 1.80. The summed E-state index contributed by atoms with van der Waals surface area (Å²) < 4.78 is 1.70. The van der Waals surface area contributed by atoms with Crippen molar-refractivity contribution >= 4 is 5.97 Å². The van der Waals surface area contributed by atoms with Gasteiger partial charge < -0.3 is 9.67 Å². The summed E-state index contributed by atoms with van der Waals surface area (Å²) in [4.78, 5) is 17.7. The van der Waals surface area contributed by atoms with Crippen molar-refractivity contribution in [2.24, 2.45) is 7.05 Å². The first-order valence-electron chi connectivity index (χ1n) is 6.69. The average molecular weight is 271 g/mol. The van der Waals surface area contributed by atoms with Gasteiger partial charge in [0.15, 0.2) is 0 Å². The van der Waals surface area contributed by atoms with Crippen LogP contribution in [-0.4, -0.2) is 32.1 Å². The summed E-state index contributed by atoms with van der Waals surface area (Å²) in [6, 6.07) is 10.3. The fourth-order valence-electron chi connectivity index (χ4n) is 2.71. The minimum absolute atomic E-state index is 0.136. The molecule has 0 aliphatic carbocycles. The number of carboxylic acid groups (broad SMARTS) is 1. The summed E-state index contributed by atoms with van der Waals surface area (Å²) in [7, 11) is 1.78. The zero-order valence-corrected chi connectivity index (χ0v) is 11.4. The Morgan fingerprint density at radius 2 is 2.10 bits per heavy atom. The molecule has 0 bridgehead atoms. The molecule has 0 radical (unpaired) electrons. The Hall–Kier alpha value is -2.14. The number of rotatable bonds is 3. The van der Waals surface area contributed by atoms with Crippen LogP contribution < -0.4 is 0 Å². The second-order valence-corrected chi connectivity index (χ2v) is 5.14. The molecule has 0 atom stereocenters. The predicted molar refractivity (Wildman–Crippen MR) is 74.4 cm³/mol. The van der Waals surface area contributed by atoms with Gasteiger partial charge in [-0.25, -0.2) is 9.78 Å². The molecule has 0 saturated heterocycles. The van der Waals surface area contributed by atoms with Crippen molar-refractivity contribution in [2.45, 2.75) is 19.5 Å². The molecule has 1 aliphatic heterocycles. The molecule has 5 heteroatoms. The number of hydrogen-bond donors (Lipinski definition) is 1. The molecular formula is C15H17N3O2. The third-order valence-electron chi connectivity index (χ3n) is 3.78. The lowest BCUT2D eigenvalue weighted by Gasteiger charge is -2.26. The van der Waals surface area contributed by atoms with E-state index in [2.05, 4.69) is 22.0 Å². The van der Waals surface area contributed by atoms with Gasteiger partial charge in [0, 0.05) is 33.1 Å². The first kappa shape index (κ1) is 12.9. The summed E-state index contributed by atoms with van der Waals surface area (Å²) in [6.07, 6.45) is 0.809. The van der Waals surface area contributed by atoms with Gasteiger partial charge in [-0.1, -0.05) is 30.3 Å². The Morgan fingerprint density at radius 1 is 1.35 bits per heavy atom. The number of hydrogen-bond acceptors (Lipinski definition) is 3. The Kier molecular flexibility index (Phi) is 3.28. The van der Waals surface area contributed by atoms with Gasteiger partial charge in [-0.3, -0.25) is 4.90 Å². The van der Waals surface area contributed by atoms with Crippen LogP contribution in [0.25, 0.3) is 0 Å². The van der Waals surface area contributed by atoms with E-state index in [0.717, 1.165) is 37.4 Å². The van der Waals surface area contributed by atoms with Gasteiger partial charge in [0.05, 0.1) is 11.4 Å². The number of benzene rings is 1. The van der Waals surface area contributed by atoms with E-state index in [1.165, 1.54) is 5.56 Å². The van der Waals surface area contributed by atoms with E-state index in [4.69, 9.17) is 5.11 Å². The quantitative estimate of drug-likeness (QED) is 0.922. The zero-order valence-electron chi connectivity index (χ0n) is 11.4. The molecule has 1 aliphatic rings. The largest absolute Gasteiger partial charge is 0.475 e. The highest BCUT2D eigenvalue weighted by Gasteiger charge is 2.24.